The molecular weight excluding hydrogens is 442 g/mol. The Hall–Kier alpha value is -3.21. The Bertz CT molecular complexity index is 1190. The zero-order valence-electron chi connectivity index (χ0n) is 19.5. The Labute approximate surface area is 196 Å². The summed E-state index contributed by atoms with van der Waals surface area (Å²) in [6.45, 7) is 7.06. The second kappa shape index (κ2) is 8.97. The predicted octanol–water partition coefficient (Wildman–Crippen LogP) is 2.91. The third kappa shape index (κ3) is 4.77. The van der Waals surface area contributed by atoms with Crippen molar-refractivity contribution in [2.45, 2.75) is 43.8 Å². The molecule has 0 saturated heterocycles. The van der Waals surface area contributed by atoms with Gasteiger partial charge in [0.2, 0.25) is 12.7 Å². The number of benzene rings is 1. The molecule has 0 fully saturated rings. The highest BCUT2D eigenvalue weighted by molar-refractivity contribution is 7.99. The van der Waals surface area contributed by atoms with Crippen LogP contribution in [0.15, 0.2) is 28.5 Å². The van der Waals surface area contributed by atoms with E-state index in [1.807, 2.05) is 56.5 Å². The van der Waals surface area contributed by atoms with Crippen LogP contribution in [0.2, 0.25) is 0 Å². The van der Waals surface area contributed by atoms with Gasteiger partial charge in [-0.15, -0.1) is 0 Å². The fourth-order valence-electron chi connectivity index (χ4n) is 3.36. The van der Waals surface area contributed by atoms with Gasteiger partial charge in [0.25, 0.3) is 0 Å². The molecule has 2 aromatic heterocycles. The summed E-state index contributed by atoms with van der Waals surface area (Å²) < 4.78 is 13.1. The van der Waals surface area contributed by atoms with Crippen LogP contribution in [0.4, 0.5) is 11.5 Å². The molecule has 3 aromatic rings. The fourth-order valence-corrected chi connectivity index (χ4v) is 4.49. The van der Waals surface area contributed by atoms with Crippen molar-refractivity contribution in [3.8, 4) is 11.5 Å². The van der Waals surface area contributed by atoms with Crippen LogP contribution in [-0.2, 0) is 11.3 Å². The van der Waals surface area contributed by atoms with Crippen LogP contribution in [-0.4, -0.2) is 52.9 Å². The number of nitrogens with one attached hydrogen (secondary N) is 1. The summed E-state index contributed by atoms with van der Waals surface area (Å²) >= 11 is 1.50. The first-order valence-electron chi connectivity index (χ1n) is 10.7. The standard InChI is InChI=1S/C22H29N7O3S/c1-22(2,3)20(30)24-7-6-8-29-19-17(18(23)25-11-26-19)27-21(29)33-16-10-15-14(31-12-32-15)9-13(16)28(4)5/h9-11H,6-8,12H2,1-5H3,(H,24,30)(H2,23,25,26). The summed E-state index contributed by atoms with van der Waals surface area (Å²) in [7, 11) is 3.96. The molecule has 0 unspecified atom stereocenters. The highest BCUT2D eigenvalue weighted by Gasteiger charge is 2.23. The van der Waals surface area contributed by atoms with Crippen LogP contribution in [0.3, 0.4) is 0 Å². The second-order valence-corrected chi connectivity index (χ2v) is 10.0. The lowest BCUT2D eigenvalue weighted by molar-refractivity contribution is -0.128. The van der Waals surface area contributed by atoms with Gasteiger partial charge in [-0.05, 0) is 18.2 Å². The van der Waals surface area contributed by atoms with E-state index in [1.54, 1.807) is 0 Å². The number of ether oxygens (including phenoxy) is 2. The van der Waals surface area contributed by atoms with Crippen LogP contribution in [0, 0.1) is 5.41 Å². The van der Waals surface area contributed by atoms with Gasteiger partial charge in [0.05, 0.1) is 5.69 Å². The van der Waals surface area contributed by atoms with Gasteiger partial charge in [-0.2, -0.15) is 0 Å². The lowest BCUT2D eigenvalue weighted by Gasteiger charge is -2.18. The van der Waals surface area contributed by atoms with Crippen molar-refractivity contribution < 1.29 is 14.3 Å². The van der Waals surface area contributed by atoms with Crippen molar-refractivity contribution in [2.24, 2.45) is 5.41 Å². The van der Waals surface area contributed by atoms with Gasteiger partial charge >= 0.3 is 0 Å². The molecule has 0 radical (unpaired) electrons. The van der Waals surface area contributed by atoms with E-state index in [0.29, 0.717) is 42.2 Å². The maximum absolute atomic E-state index is 12.2. The normalized spacial score (nSPS) is 12.9. The minimum atomic E-state index is -0.424. The summed E-state index contributed by atoms with van der Waals surface area (Å²) in [5.41, 5.74) is 7.88. The van der Waals surface area contributed by atoms with E-state index in [4.69, 9.17) is 20.2 Å². The maximum atomic E-state index is 12.2. The van der Waals surface area contributed by atoms with E-state index in [2.05, 4.69) is 15.3 Å². The Kier molecular flexibility index (Phi) is 6.24. The predicted molar refractivity (Wildman–Crippen MR) is 128 cm³/mol. The number of carbonyl (C=O) groups is 1. The van der Waals surface area contributed by atoms with Crippen molar-refractivity contribution in [3.05, 3.63) is 18.5 Å². The first-order chi connectivity index (χ1) is 15.6. The van der Waals surface area contributed by atoms with Crippen molar-refractivity contribution in [1.82, 2.24) is 24.8 Å². The molecule has 0 saturated carbocycles. The molecule has 176 valence electrons. The molecule has 4 rings (SSSR count). The van der Waals surface area contributed by atoms with Gasteiger partial charge in [-0.25, -0.2) is 15.0 Å². The van der Waals surface area contributed by atoms with Gasteiger partial charge < -0.3 is 30.0 Å². The zero-order chi connectivity index (χ0) is 23.8. The van der Waals surface area contributed by atoms with Crippen LogP contribution in [0.25, 0.3) is 11.2 Å². The Morgan fingerprint density at radius 3 is 2.67 bits per heavy atom. The number of nitrogens with two attached hydrogens (primary N) is 1. The Morgan fingerprint density at radius 2 is 1.97 bits per heavy atom. The highest BCUT2D eigenvalue weighted by atomic mass is 32.2. The molecule has 3 N–H and O–H groups in total. The Balaban J connectivity index is 1.63. The lowest BCUT2D eigenvalue weighted by Crippen LogP contribution is -2.35. The smallest absolute Gasteiger partial charge is 0.231 e. The number of hydrogen-bond donors (Lipinski definition) is 2. The zero-order valence-corrected chi connectivity index (χ0v) is 20.3. The average Bonchev–Trinajstić information content (AvgIpc) is 3.34. The average molecular weight is 472 g/mol. The monoisotopic (exact) mass is 471 g/mol. The minimum absolute atomic E-state index is 0.0233. The van der Waals surface area contributed by atoms with Gasteiger partial charge in [-0.1, -0.05) is 20.8 Å². The van der Waals surface area contributed by atoms with Gasteiger partial charge in [-0.3, -0.25) is 4.79 Å². The van der Waals surface area contributed by atoms with Crippen LogP contribution in [0.5, 0.6) is 11.5 Å². The number of imidazole rings is 1. The summed E-state index contributed by atoms with van der Waals surface area (Å²) in [4.78, 5) is 28.4. The second-order valence-electron chi connectivity index (χ2n) is 9.01. The van der Waals surface area contributed by atoms with Gasteiger partial charge in [0.1, 0.15) is 6.33 Å². The van der Waals surface area contributed by atoms with E-state index in [1.165, 1.54) is 18.1 Å². The molecule has 1 aromatic carbocycles. The van der Waals surface area contributed by atoms with Crippen molar-refractivity contribution in [1.29, 1.82) is 0 Å². The summed E-state index contributed by atoms with van der Waals surface area (Å²) in [6.07, 6.45) is 2.16. The number of hydrogen-bond acceptors (Lipinski definition) is 9. The first kappa shape index (κ1) is 23.0. The SMILES string of the molecule is CN(C)c1cc2c(cc1Sc1nc3c(N)ncnc3n1CCCNC(=O)C(C)(C)C)OCO2. The third-order valence-corrected chi connectivity index (χ3v) is 6.23. The lowest BCUT2D eigenvalue weighted by atomic mass is 9.96. The number of carbonyl (C=O) groups excluding carboxylic acids is 1. The van der Waals surface area contributed by atoms with E-state index in [-0.39, 0.29) is 12.7 Å². The molecule has 0 spiro atoms. The number of amides is 1. The topological polar surface area (TPSA) is 120 Å². The van der Waals surface area contributed by atoms with Gasteiger partial charge in [0.15, 0.2) is 33.6 Å². The van der Waals surface area contributed by atoms with Crippen LogP contribution < -0.4 is 25.4 Å². The maximum Gasteiger partial charge on any atom is 0.231 e. The van der Waals surface area contributed by atoms with Crippen molar-refractivity contribution in [3.63, 3.8) is 0 Å². The molecule has 0 aliphatic carbocycles. The first-order valence-corrected chi connectivity index (χ1v) is 11.5. The summed E-state index contributed by atoms with van der Waals surface area (Å²) in [5, 5.41) is 3.73. The summed E-state index contributed by atoms with van der Waals surface area (Å²) in [5.74, 6) is 1.78. The Morgan fingerprint density at radius 1 is 1.24 bits per heavy atom. The molecule has 0 bridgehead atoms. The molecule has 1 amide bonds. The molecular formula is C22H29N7O3S. The fraction of sp³-hybridized carbons (Fsp3) is 0.455. The van der Waals surface area contributed by atoms with E-state index in [9.17, 15) is 4.79 Å². The number of rotatable bonds is 7. The molecule has 1 aliphatic heterocycles. The molecule has 33 heavy (non-hydrogen) atoms. The van der Waals surface area contributed by atoms with Crippen molar-refractivity contribution in [2.75, 3.05) is 38.1 Å². The third-order valence-electron chi connectivity index (χ3n) is 5.19. The number of aryl methyl sites for hydroxylation is 1. The van der Waals surface area contributed by atoms with E-state index >= 15 is 0 Å². The van der Waals surface area contributed by atoms with Gasteiger partial charge in [0, 0.05) is 49.6 Å². The number of anilines is 2. The minimum Gasteiger partial charge on any atom is -0.454 e. The van der Waals surface area contributed by atoms with E-state index < -0.39 is 5.41 Å². The van der Waals surface area contributed by atoms with Crippen LogP contribution in [0.1, 0.15) is 27.2 Å². The number of aromatic nitrogens is 4. The molecule has 3 heterocycles. The molecule has 10 nitrogen and oxygen atoms in total. The summed E-state index contributed by atoms with van der Waals surface area (Å²) in [6, 6.07) is 3.93. The van der Waals surface area contributed by atoms with E-state index in [0.717, 1.165) is 21.5 Å². The quantitative estimate of drug-likeness (QED) is 0.501. The highest BCUT2D eigenvalue weighted by Crippen LogP contribution is 2.44. The number of fused-ring (bicyclic) bond motifs is 2. The molecule has 0 atom stereocenters. The van der Waals surface area contributed by atoms with Crippen molar-refractivity contribution >= 4 is 40.3 Å². The number of nitrogen functional groups attached to an aromatic ring is 1. The molecule has 1 aliphatic rings. The number of nitrogens with zero attached hydrogens (tertiary/aromatic N) is 5. The largest absolute Gasteiger partial charge is 0.454 e. The van der Waals surface area contributed by atoms with Crippen LogP contribution >= 0.6 is 11.8 Å². The molecule has 11 heteroatoms.